The molecule has 2 heteroatoms. The minimum absolute atomic E-state index is 0.870. The van der Waals surface area contributed by atoms with Crippen molar-refractivity contribution in [3.63, 3.8) is 0 Å². The maximum atomic E-state index is 7.01. The zero-order valence-electron chi connectivity index (χ0n) is 26.0. The van der Waals surface area contributed by atoms with E-state index in [4.69, 9.17) is 4.74 Å². The highest BCUT2D eigenvalue weighted by molar-refractivity contribution is 7.18. The minimum atomic E-state index is 0.870. The summed E-state index contributed by atoms with van der Waals surface area (Å²) in [6, 6.07) is 59.1. The van der Waals surface area contributed by atoms with Crippen LogP contribution >= 0.6 is 11.3 Å². The molecule has 1 aliphatic heterocycles. The number of fused-ring (bicyclic) bond motifs is 9. The first kappa shape index (κ1) is 27.2. The van der Waals surface area contributed by atoms with E-state index in [-0.39, 0.29) is 0 Å². The van der Waals surface area contributed by atoms with Crippen molar-refractivity contribution in [1.29, 1.82) is 0 Å². The van der Waals surface area contributed by atoms with Gasteiger partial charge in [-0.15, -0.1) is 11.3 Å². The van der Waals surface area contributed by atoms with Crippen LogP contribution in [0.15, 0.2) is 169 Å². The summed E-state index contributed by atoms with van der Waals surface area (Å²) in [7, 11) is 0. The number of ether oxygens (including phenoxy) is 1. The highest BCUT2D eigenvalue weighted by Crippen LogP contribution is 2.53. The summed E-state index contributed by atoms with van der Waals surface area (Å²) in [6.07, 6.45) is 0. The van der Waals surface area contributed by atoms with Gasteiger partial charge in [-0.2, -0.15) is 0 Å². The molecule has 0 fully saturated rings. The van der Waals surface area contributed by atoms with Gasteiger partial charge in [-0.1, -0.05) is 140 Å². The lowest BCUT2D eigenvalue weighted by Gasteiger charge is -2.17. The summed E-state index contributed by atoms with van der Waals surface area (Å²) in [5, 5.41) is 8.42. The lowest BCUT2D eigenvalue weighted by Crippen LogP contribution is -1.91. The summed E-state index contributed by atoms with van der Waals surface area (Å²) in [5.74, 6) is 1.76. The second-order valence-corrected chi connectivity index (χ2v) is 13.3. The lowest BCUT2D eigenvalue weighted by molar-refractivity contribution is 0.488. The molecule has 0 saturated heterocycles. The molecule has 8 aromatic carbocycles. The first-order valence-electron chi connectivity index (χ1n) is 16.3. The second-order valence-electron chi connectivity index (χ2n) is 12.4. The van der Waals surface area contributed by atoms with Gasteiger partial charge in [-0.3, -0.25) is 0 Å². The van der Waals surface area contributed by atoms with E-state index in [0.717, 1.165) is 22.6 Å². The molecular formula is C46H28OS. The normalized spacial score (nSPS) is 11.9. The van der Waals surface area contributed by atoms with Gasteiger partial charge >= 0.3 is 0 Å². The summed E-state index contributed by atoms with van der Waals surface area (Å²) >= 11 is 1.80. The van der Waals surface area contributed by atoms with Gasteiger partial charge in [0.25, 0.3) is 0 Å². The summed E-state index contributed by atoms with van der Waals surface area (Å²) < 4.78 is 8.28. The molecule has 0 aliphatic carbocycles. The van der Waals surface area contributed by atoms with E-state index in [1.807, 2.05) is 0 Å². The highest BCUT2D eigenvalue weighted by Gasteiger charge is 2.26. The summed E-state index contributed by atoms with van der Waals surface area (Å²) in [6.45, 7) is 0. The fourth-order valence-corrected chi connectivity index (χ4v) is 8.54. The fourth-order valence-electron chi connectivity index (χ4n) is 7.61. The predicted molar refractivity (Wildman–Crippen MR) is 204 cm³/mol. The van der Waals surface area contributed by atoms with Crippen LogP contribution in [0.3, 0.4) is 0 Å². The van der Waals surface area contributed by atoms with Crippen LogP contribution in [0.4, 0.5) is 0 Å². The fraction of sp³-hybridized carbons (Fsp3) is 0. The average molecular weight is 629 g/mol. The Morgan fingerprint density at radius 3 is 1.90 bits per heavy atom. The van der Waals surface area contributed by atoms with Gasteiger partial charge in [-0.25, -0.2) is 0 Å². The predicted octanol–water partition coefficient (Wildman–Crippen LogP) is 13.6. The third-order valence-corrected chi connectivity index (χ3v) is 10.7. The van der Waals surface area contributed by atoms with E-state index >= 15 is 0 Å². The number of hydrogen-bond acceptors (Lipinski definition) is 2. The van der Waals surface area contributed by atoms with E-state index in [9.17, 15) is 0 Å². The van der Waals surface area contributed by atoms with Crippen molar-refractivity contribution in [2.24, 2.45) is 0 Å². The van der Waals surface area contributed by atoms with Crippen molar-refractivity contribution in [2.75, 3.05) is 0 Å². The minimum Gasteiger partial charge on any atom is -0.456 e. The molecule has 1 aromatic heterocycles. The van der Waals surface area contributed by atoms with Crippen LogP contribution in [0.5, 0.6) is 11.5 Å². The number of hydrogen-bond donors (Lipinski definition) is 0. The van der Waals surface area contributed by atoms with Crippen LogP contribution in [0, 0.1) is 0 Å². The standard InChI is InChI=1S/C46H28OS/c1-2-11-29(12-3-1)34-22-23-38(36-17-7-6-16-35(34)36)42-28-44-45(40-25-26-48-46(40)42)39-19-9-8-18-37(39)41-27-31(21-24-43(41)47-44)33-20-10-14-30-13-4-5-15-32(30)33/h1-28H. The Morgan fingerprint density at radius 1 is 0.354 bits per heavy atom. The van der Waals surface area contributed by atoms with Crippen LogP contribution in [0.1, 0.15) is 0 Å². The van der Waals surface area contributed by atoms with Crippen molar-refractivity contribution < 1.29 is 4.74 Å². The first-order chi connectivity index (χ1) is 23.8. The zero-order chi connectivity index (χ0) is 31.6. The molecule has 0 bridgehead atoms. The van der Waals surface area contributed by atoms with Gasteiger partial charge in [0.05, 0.1) is 0 Å². The third kappa shape index (κ3) is 4.17. The molecule has 2 heterocycles. The van der Waals surface area contributed by atoms with Crippen LogP contribution in [-0.4, -0.2) is 0 Å². The molecule has 0 saturated carbocycles. The van der Waals surface area contributed by atoms with Gasteiger partial charge in [0, 0.05) is 26.8 Å². The Balaban J connectivity index is 1.20. The average Bonchev–Trinajstić information content (AvgIpc) is 3.59. The summed E-state index contributed by atoms with van der Waals surface area (Å²) in [4.78, 5) is 0. The van der Waals surface area contributed by atoms with Gasteiger partial charge in [-0.05, 0) is 90.1 Å². The zero-order valence-corrected chi connectivity index (χ0v) is 26.8. The molecule has 1 aliphatic rings. The van der Waals surface area contributed by atoms with Crippen molar-refractivity contribution in [3.8, 4) is 67.1 Å². The molecule has 0 atom stereocenters. The molecule has 10 rings (SSSR count). The topological polar surface area (TPSA) is 9.23 Å². The smallest absolute Gasteiger partial charge is 0.136 e. The molecule has 1 nitrogen and oxygen atoms in total. The van der Waals surface area contributed by atoms with E-state index in [2.05, 4.69) is 169 Å². The van der Waals surface area contributed by atoms with Crippen molar-refractivity contribution >= 4 is 43.0 Å². The molecule has 0 unspecified atom stereocenters. The van der Waals surface area contributed by atoms with Gasteiger partial charge in [0.1, 0.15) is 11.5 Å². The highest BCUT2D eigenvalue weighted by atomic mass is 32.1. The molecule has 9 aromatic rings. The van der Waals surface area contributed by atoms with E-state index < -0.39 is 0 Å². The maximum absolute atomic E-state index is 7.01. The Kier molecular flexibility index (Phi) is 6.12. The molecule has 0 spiro atoms. The number of benzene rings is 8. The Bertz CT molecular complexity index is 2690. The van der Waals surface area contributed by atoms with Crippen LogP contribution in [-0.2, 0) is 0 Å². The van der Waals surface area contributed by atoms with Crippen molar-refractivity contribution in [2.45, 2.75) is 0 Å². The lowest BCUT2D eigenvalue weighted by atomic mass is 9.88. The molecule has 0 amide bonds. The van der Waals surface area contributed by atoms with E-state index in [1.165, 1.54) is 76.1 Å². The van der Waals surface area contributed by atoms with Crippen LogP contribution in [0.2, 0.25) is 0 Å². The van der Waals surface area contributed by atoms with Gasteiger partial charge in [0.2, 0.25) is 0 Å². The largest absolute Gasteiger partial charge is 0.456 e. The van der Waals surface area contributed by atoms with E-state index in [0.29, 0.717) is 0 Å². The molecular weight excluding hydrogens is 601 g/mol. The number of thiophene rings is 1. The van der Waals surface area contributed by atoms with Crippen molar-refractivity contribution in [1.82, 2.24) is 0 Å². The number of rotatable bonds is 3. The Hall–Kier alpha value is -5.96. The van der Waals surface area contributed by atoms with Crippen molar-refractivity contribution in [3.05, 3.63) is 169 Å². The van der Waals surface area contributed by atoms with Crippen LogP contribution < -0.4 is 4.74 Å². The van der Waals surface area contributed by atoms with Gasteiger partial charge in [0.15, 0.2) is 0 Å². The Labute approximate surface area is 283 Å². The maximum Gasteiger partial charge on any atom is 0.136 e. The van der Waals surface area contributed by atoms with Gasteiger partial charge < -0.3 is 4.74 Å². The molecule has 48 heavy (non-hydrogen) atoms. The SMILES string of the molecule is c1ccc(-c2ccc(-c3cc4c(c5ccsc35)-c3ccccc3-c3cc(-c5cccc6ccccc56)ccc3O4)c3ccccc23)cc1. The monoisotopic (exact) mass is 628 g/mol. The van der Waals surface area contributed by atoms with Crippen LogP contribution in [0.25, 0.3) is 87.3 Å². The van der Waals surface area contributed by atoms with E-state index in [1.54, 1.807) is 11.3 Å². The molecule has 224 valence electrons. The summed E-state index contributed by atoms with van der Waals surface area (Å²) in [5.41, 5.74) is 11.9. The second kappa shape index (κ2) is 10.8. The molecule has 0 N–H and O–H groups in total. The first-order valence-corrected chi connectivity index (χ1v) is 17.2. The third-order valence-electron chi connectivity index (χ3n) is 9.79. The Morgan fingerprint density at radius 2 is 1.02 bits per heavy atom. The molecule has 0 radical (unpaired) electrons. The quantitative estimate of drug-likeness (QED) is 0.189.